The summed E-state index contributed by atoms with van der Waals surface area (Å²) in [6.45, 7) is 1.22. The minimum absolute atomic E-state index is 0. The molecule has 3 aliphatic heterocycles. The van der Waals surface area contributed by atoms with Crippen LogP contribution in [-0.4, -0.2) is 47.7 Å². The molecular formula is C16H16Cl2FN5O. The number of hydrogen-bond acceptors (Lipinski definition) is 5. The molecule has 0 saturated carbocycles. The zero-order chi connectivity index (χ0) is 16.7. The lowest BCUT2D eigenvalue weighted by atomic mass is 10.0. The Balaban J connectivity index is 0.00000182. The minimum Gasteiger partial charge on any atom is -1.00 e. The van der Waals surface area contributed by atoms with Gasteiger partial charge >= 0.3 is 5.96 Å². The van der Waals surface area contributed by atoms with Crippen LogP contribution in [0.15, 0.2) is 39.1 Å². The number of allylic oxidation sites excluding steroid dienone is 1. The third kappa shape index (κ3) is 3.20. The summed E-state index contributed by atoms with van der Waals surface area (Å²) in [6, 6.07) is 4.59. The van der Waals surface area contributed by atoms with E-state index in [1.165, 1.54) is 12.4 Å². The van der Waals surface area contributed by atoms with Gasteiger partial charge in [0.2, 0.25) is 5.82 Å². The van der Waals surface area contributed by atoms with Crippen molar-refractivity contribution in [1.82, 2.24) is 4.90 Å². The Morgan fingerprint density at radius 1 is 1.36 bits per heavy atom. The van der Waals surface area contributed by atoms with E-state index in [1.54, 1.807) is 18.3 Å². The molecule has 25 heavy (non-hydrogen) atoms. The molecule has 1 saturated heterocycles. The number of quaternary nitrogens is 1. The van der Waals surface area contributed by atoms with Crippen molar-refractivity contribution in [2.45, 2.75) is 18.9 Å². The van der Waals surface area contributed by atoms with Crippen molar-refractivity contribution in [2.24, 2.45) is 15.1 Å². The molecule has 9 heteroatoms. The van der Waals surface area contributed by atoms with Gasteiger partial charge in [-0.15, -0.1) is 0 Å². The Morgan fingerprint density at radius 2 is 2.20 bits per heavy atom. The van der Waals surface area contributed by atoms with Crippen LogP contribution in [0.5, 0.6) is 0 Å². The molecule has 3 aliphatic rings. The second kappa shape index (κ2) is 7.21. The molecule has 3 heterocycles. The Morgan fingerprint density at radius 3 is 2.96 bits per heavy atom. The topological polar surface area (TPSA) is 65.0 Å². The first-order valence-corrected chi connectivity index (χ1v) is 8.16. The number of nitrogens with zero attached hydrogens (tertiary/aromatic N) is 4. The number of aliphatic hydroxyl groups excluding tert-OH is 1. The summed E-state index contributed by atoms with van der Waals surface area (Å²) in [5.74, 6) is 0.812. The molecular weight excluding hydrogens is 368 g/mol. The number of likely N-dealkylation sites (tertiary alicyclic amines) is 1. The molecule has 0 spiro atoms. The predicted octanol–water partition coefficient (Wildman–Crippen LogP) is -2.11. The fraction of sp³-hybridized carbons (Fsp3) is 0.312. The molecule has 1 fully saturated rings. The molecule has 0 radical (unpaired) electrons. The fourth-order valence-corrected chi connectivity index (χ4v) is 3.52. The lowest BCUT2D eigenvalue weighted by Gasteiger charge is -2.34. The largest absolute Gasteiger partial charge is 1.00 e. The fourth-order valence-electron chi connectivity index (χ4n) is 3.25. The Bertz CT molecular complexity index is 787. The maximum absolute atomic E-state index is 14.5. The summed E-state index contributed by atoms with van der Waals surface area (Å²) in [4.78, 5) is 10.4. The highest BCUT2D eigenvalue weighted by atomic mass is 35.5. The number of guanidine groups is 1. The van der Waals surface area contributed by atoms with E-state index < -0.39 is 11.9 Å². The molecule has 0 amide bonds. The van der Waals surface area contributed by atoms with Gasteiger partial charge in [-0.25, -0.2) is 4.39 Å². The summed E-state index contributed by atoms with van der Waals surface area (Å²) in [5, 5.41) is 15.3. The van der Waals surface area contributed by atoms with Crippen LogP contribution >= 0.6 is 11.6 Å². The van der Waals surface area contributed by atoms with Gasteiger partial charge < -0.3 is 22.4 Å². The van der Waals surface area contributed by atoms with Crippen molar-refractivity contribution in [1.29, 1.82) is 0 Å². The lowest BCUT2D eigenvalue weighted by Crippen LogP contribution is -3.09. The number of nitrogens with one attached hydrogen (secondary N) is 1. The van der Waals surface area contributed by atoms with E-state index in [9.17, 15) is 9.50 Å². The van der Waals surface area contributed by atoms with Gasteiger partial charge in [0.15, 0.2) is 6.34 Å². The maximum atomic E-state index is 14.5. The van der Waals surface area contributed by atoms with Crippen LogP contribution in [0.2, 0.25) is 5.02 Å². The highest BCUT2D eigenvalue weighted by Crippen LogP contribution is 2.29. The van der Waals surface area contributed by atoms with Crippen LogP contribution < -0.4 is 17.4 Å². The van der Waals surface area contributed by atoms with Crippen molar-refractivity contribution >= 4 is 35.7 Å². The monoisotopic (exact) mass is 383 g/mol. The van der Waals surface area contributed by atoms with Crippen molar-refractivity contribution in [3.05, 3.63) is 40.4 Å². The Kier molecular flexibility index (Phi) is 5.19. The van der Waals surface area contributed by atoms with Gasteiger partial charge in [-0.3, -0.25) is 0 Å². The molecule has 2 atom stereocenters. The second-order valence-corrected chi connectivity index (χ2v) is 6.31. The first-order valence-electron chi connectivity index (χ1n) is 7.79. The zero-order valence-electron chi connectivity index (χ0n) is 13.2. The van der Waals surface area contributed by atoms with Crippen LogP contribution in [-0.2, 0) is 0 Å². The molecule has 6 nitrogen and oxygen atoms in total. The van der Waals surface area contributed by atoms with Gasteiger partial charge in [-0.2, -0.15) is 9.98 Å². The minimum atomic E-state index is -0.422. The normalized spacial score (nSPS) is 24.9. The first kappa shape index (κ1) is 18.0. The quantitative estimate of drug-likeness (QED) is 0.613. The molecule has 0 bridgehead atoms. The van der Waals surface area contributed by atoms with Gasteiger partial charge in [0.05, 0.1) is 22.9 Å². The van der Waals surface area contributed by atoms with E-state index in [-0.39, 0.29) is 12.4 Å². The lowest BCUT2D eigenvalue weighted by molar-refractivity contribution is -0.778. The number of aliphatic imine (C=N–C) groups is 2. The van der Waals surface area contributed by atoms with Crippen LogP contribution in [0.3, 0.4) is 0 Å². The van der Waals surface area contributed by atoms with Gasteiger partial charge in [-0.1, -0.05) is 27.8 Å². The summed E-state index contributed by atoms with van der Waals surface area (Å²) in [7, 11) is 0. The zero-order valence-corrected chi connectivity index (χ0v) is 14.7. The van der Waals surface area contributed by atoms with E-state index in [0.717, 1.165) is 25.2 Å². The van der Waals surface area contributed by atoms with Gasteiger partial charge in [0, 0.05) is 18.7 Å². The number of rotatable bonds is 2. The Labute approximate surface area is 155 Å². The van der Waals surface area contributed by atoms with Gasteiger partial charge in [-0.05, 0) is 25.0 Å². The standard InChI is InChI=1S/C16H15ClFN5O.ClH/c17-12-4-1-5-13(18)14(12)11-7-19-16-20-9-21-23(16)15(11)22-6-2-3-10(24)8-22;/h1,4-5,7,9-10,24H,2-3,6,8H2;1H. The molecule has 2 unspecified atom stereocenters. The van der Waals surface area contributed by atoms with Gasteiger partial charge in [0.25, 0.3) is 0 Å². The number of β-amino-alcohol motifs (C(OH)–C–C–N with tert-alkyl or cyclic N) is 1. The van der Waals surface area contributed by atoms with Crippen molar-refractivity contribution in [2.75, 3.05) is 13.1 Å². The molecule has 4 rings (SSSR count). The van der Waals surface area contributed by atoms with Gasteiger partial charge in [0.1, 0.15) is 5.82 Å². The van der Waals surface area contributed by atoms with E-state index >= 15 is 0 Å². The number of hydrogen-bond donors (Lipinski definition) is 2. The van der Waals surface area contributed by atoms with Crippen LogP contribution in [0.1, 0.15) is 18.4 Å². The average Bonchev–Trinajstić information content (AvgIpc) is 3.03. The number of halogens is 3. The molecule has 1 aromatic carbocycles. The van der Waals surface area contributed by atoms with Crippen LogP contribution in [0.4, 0.5) is 4.39 Å². The summed E-state index contributed by atoms with van der Waals surface area (Å²) < 4.78 is 14.5. The third-order valence-electron chi connectivity index (χ3n) is 4.32. The number of aliphatic hydroxyl groups is 1. The summed E-state index contributed by atoms with van der Waals surface area (Å²) in [5.41, 5.74) is 0.867. The van der Waals surface area contributed by atoms with E-state index in [2.05, 4.69) is 15.1 Å². The smallest absolute Gasteiger partial charge is 0.362 e. The van der Waals surface area contributed by atoms with E-state index in [1.807, 2.05) is 4.90 Å². The van der Waals surface area contributed by atoms with E-state index in [0.29, 0.717) is 33.7 Å². The predicted molar refractivity (Wildman–Crippen MR) is 90.5 cm³/mol. The van der Waals surface area contributed by atoms with Crippen molar-refractivity contribution < 1.29 is 26.9 Å². The van der Waals surface area contributed by atoms with Crippen molar-refractivity contribution in [3.63, 3.8) is 0 Å². The van der Waals surface area contributed by atoms with E-state index in [4.69, 9.17) is 11.6 Å². The van der Waals surface area contributed by atoms with Crippen molar-refractivity contribution in [3.8, 4) is 0 Å². The van der Waals surface area contributed by atoms with Crippen LogP contribution in [0.25, 0.3) is 5.57 Å². The molecule has 132 valence electrons. The highest BCUT2D eigenvalue weighted by molar-refractivity contribution is 6.34. The molecule has 2 N–H and O–H groups in total. The molecule has 1 aromatic rings. The molecule has 0 aliphatic carbocycles. The number of benzene rings is 1. The maximum Gasteiger partial charge on any atom is 0.362 e. The summed E-state index contributed by atoms with van der Waals surface area (Å²) in [6.07, 6.45) is 4.21. The SMILES string of the molecule is OC1CCCN(C2=C(c3c(F)cccc3Cl)C=NC3=NC=N[NH+]32)C1.[Cl-]. The number of piperidine rings is 1. The Hall–Kier alpha value is -1.80. The summed E-state index contributed by atoms with van der Waals surface area (Å²) >= 11 is 6.26. The highest BCUT2D eigenvalue weighted by Gasteiger charge is 2.39. The average molecular weight is 384 g/mol. The molecule has 0 aromatic heterocycles. The van der Waals surface area contributed by atoms with Crippen LogP contribution in [0, 0.1) is 5.82 Å². The third-order valence-corrected chi connectivity index (χ3v) is 4.63. The second-order valence-electron chi connectivity index (χ2n) is 5.91. The number of fused-ring (bicyclic) bond motifs is 1. The first-order chi connectivity index (χ1) is 11.6.